The molecule has 0 amide bonds. The molecule has 0 heterocycles. The predicted molar refractivity (Wildman–Crippen MR) is 79.7 cm³/mol. The van der Waals surface area contributed by atoms with Gasteiger partial charge in [-0.1, -0.05) is 44.2 Å². The van der Waals surface area contributed by atoms with Gasteiger partial charge in [-0.25, -0.2) is 0 Å². The van der Waals surface area contributed by atoms with Gasteiger partial charge >= 0.3 is 0 Å². The zero-order chi connectivity index (χ0) is 13.4. The summed E-state index contributed by atoms with van der Waals surface area (Å²) in [7, 11) is 2.22. The maximum atomic E-state index is 3.51. The van der Waals surface area contributed by atoms with Gasteiger partial charge in [0.1, 0.15) is 0 Å². The van der Waals surface area contributed by atoms with Crippen molar-refractivity contribution in [2.45, 2.75) is 39.8 Å². The Morgan fingerprint density at radius 1 is 1.17 bits per heavy atom. The standard InChI is InChI=1S/C16H28N2/c1-5-11-17-12-14(2)15(3)18(4)13-16-9-7-6-8-10-16/h6-10,14-15,17H,5,11-13H2,1-4H3. The summed E-state index contributed by atoms with van der Waals surface area (Å²) in [5, 5.41) is 3.51. The third-order valence-electron chi connectivity index (χ3n) is 3.69. The number of nitrogens with zero attached hydrogens (tertiary/aromatic N) is 1. The summed E-state index contributed by atoms with van der Waals surface area (Å²) < 4.78 is 0. The Balaban J connectivity index is 2.38. The van der Waals surface area contributed by atoms with Crippen molar-refractivity contribution < 1.29 is 0 Å². The van der Waals surface area contributed by atoms with Crippen molar-refractivity contribution in [1.82, 2.24) is 10.2 Å². The van der Waals surface area contributed by atoms with Gasteiger partial charge in [0.25, 0.3) is 0 Å². The Morgan fingerprint density at radius 3 is 2.44 bits per heavy atom. The van der Waals surface area contributed by atoms with Crippen molar-refractivity contribution >= 4 is 0 Å². The molecule has 1 aromatic rings. The minimum atomic E-state index is 0.592. The lowest BCUT2D eigenvalue weighted by atomic mass is 10.0. The van der Waals surface area contributed by atoms with Crippen molar-refractivity contribution in [3.05, 3.63) is 35.9 Å². The third-order valence-corrected chi connectivity index (χ3v) is 3.69. The zero-order valence-corrected chi connectivity index (χ0v) is 12.3. The van der Waals surface area contributed by atoms with Crippen molar-refractivity contribution in [1.29, 1.82) is 0 Å². The number of nitrogens with one attached hydrogen (secondary N) is 1. The van der Waals surface area contributed by atoms with E-state index in [1.54, 1.807) is 0 Å². The van der Waals surface area contributed by atoms with Crippen LogP contribution in [0.15, 0.2) is 30.3 Å². The molecule has 0 aliphatic rings. The molecule has 1 aromatic carbocycles. The Hall–Kier alpha value is -0.860. The molecule has 0 saturated carbocycles. The van der Waals surface area contributed by atoms with Crippen LogP contribution in [0.25, 0.3) is 0 Å². The molecule has 2 nitrogen and oxygen atoms in total. The highest BCUT2D eigenvalue weighted by Gasteiger charge is 2.16. The van der Waals surface area contributed by atoms with Crippen LogP contribution in [0.2, 0.25) is 0 Å². The van der Waals surface area contributed by atoms with E-state index in [0.717, 1.165) is 19.6 Å². The second-order valence-electron chi connectivity index (χ2n) is 5.32. The maximum absolute atomic E-state index is 3.51. The normalized spacial score (nSPS) is 14.7. The van der Waals surface area contributed by atoms with Crippen molar-refractivity contribution in [2.24, 2.45) is 5.92 Å². The van der Waals surface area contributed by atoms with Crippen LogP contribution in [0, 0.1) is 5.92 Å². The molecular formula is C16H28N2. The quantitative estimate of drug-likeness (QED) is 0.711. The average molecular weight is 248 g/mol. The molecule has 0 aromatic heterocycles. The third kappa shape index (κ3) is 5.19. The fourth-order valence-corrected chi connectivity index (χ4v) is 2.13. The predicted octanol–water partition coefficient (Wildman–Crippen LogP) is 3.14. The molecule has 1 N–H and O–H groups in total. The summed E-state index contributed by atoms with van der Waals surface area (Å²) in [4.78, 5) is 2.44. The number of rotatable bonds is 8. The number of hydrogen-bond acceptors (Lipinski definition) is 2. The smallest absolute Gasteiger partial charge is 0.0233 e. The fraction of sp³-hybridized carbons (Fsp3) is 0.625. The van der Waals surface area contributed by atoms with E-state index in [1.807, 2.05) is 0 Å². The fourth-order valence-electron chi connectivity index (χ4n) is 2.13. The number of hydrogen-bond donors (Lipinski definition) is 1. The summed E-state index contributed by atoms with van der Waals surface area (Å²) in [5.41, 5.74) is 1.39. The first kappa shape index (κ1) is 15.2. The average Bonchev–Trinajstić information content (AvgIpc) is 2.39. The van der Waals surface area contributed by atoms with Crippen molar-refractivity contribution in [3.8, 4) is 0 Å². The van der Waals surface area contributed by atoms with E-state index in [4.69, 9.17) is 0 Å². The van der Waals surface area contributed by atoms with Gasteiger partial charge < -0.3 is 5.32 Å². The highest BCUT2D eigenvalue weighted by Crippen LogP contribution is 2.12. The molecule has 102 valence electrons. The molecule has 0 spiro atoms. The summed E-state index contributed by atoms with van der Waals surface area (Å²) in [6.07, 6.45) is 1.21. The molecule has 0 fully saturated rings. The minimum absolute atomic E-state index is 0.592. The Labute approximate surface area is 112 Å². The first-order valence-corrected chi connectivity index (χ1v) is 7.10. The van der Waals surface area contributed by atoms with Crippen LogP contribution >= 0.6 is 0 Å². The highest BCUT2D eigenvalue weighted by atomic mass is 15.1. The van der Waals surface area contributed by atoms with Crippen LogP contribution in [-0.4, -0.2) is 31.1 Å². The van der Waals surface area contributed by atoms with E-state index >= 15 is 0 Å². The lowest BCUT2D eigenvalue weighted by Crippen LogP contribution is -2.38. The van der Waals surface area contributed by atoms with Gasteiger partial charge in [-0.15, -0.1) is 0 Å². The van der Waals surface area contributed by atoms with Gasteiger partial charge in [0.15, 0.2) is 0 Å². The molecule has 0 aliphatic carbocycles. The van der Waals surface area contributed by atoms with Gasteiger partial charge in [0.2, 0.25) is 0 Å². The highest BCUT2D eigenvalue weighted by molar-refractivity contribution is 5.14. The van der Waals surface area contributed by atoms with Crippen LogP contribution in [0.5, 0.6) is 0 Å². The van der Waals surface area contributed by atoms with E-state index in [2.05, 4.69) is 68.4 Å². The molecule has 0 bridgehead atoms. The van der Waals surface area contributed by atoms with Crippen LogP contribution in [0.3, 0.4) is 0 Å². The number of benzene rings is 1. The summed E-state index contributed by atoms with van der Waals surface area (Å²) >= 11 is 0. The summed E-state index contributed by atoms with van der Waals surface area (Å²) in [6, 6.07) is 11.3. The monoisotopic (exact) mass is 248 g/mol. The van der Waals surface area contributed by atoms with Gasteiger partial charge in [0, 0.05) is 12.6 Å². The van der Waals surface area contributed by atoms with E-state index < -0.39 is 0 Å². The van der Waals surface area contributed by atoms with E-state index in [9.17, 15) is 0 Å². The Bertz CT molecular complexity index is 310. The zero-order valence-electron chi connectivity index (χ0n) is 12.3. The van der Waals surface area contributed by atoms with Crippen molar-refractivity contribution in [2.75, 3.05) is 20.1 Å². The molecule has 0 radical (unpaired) electrons. The van der Waals surface area contributed by atoms with Crippen LogP contribution < -0.4 is 5.32 Å². The summed E-state index contributed by atoms with van der Waals surface area (Å²) in [5.74, 6) is 0.672. The second kappa shape index (κ2) is 8.28. The molecule has 0 saturated heterocycles. The molecule has 18 heavy (non-hydrogen) atoms. The molecule has 0 aliphatic heterocycles. The van der Waals surface area contributed by atoms with Gasteiger partial charge in [-0.05, 0) is 45.0 Å². The van der Waals surface area contributed by atoms with Crippen molar-refractivity contribution in [3.63, 3.8) is 0 Å². The molecule has 2 heteroatoms. The van der Waals surface area contributed by atoms with Gasteiger partial charge in [-0.2, -0.15) is 0 Å². The van der Waals surface area contributed by atoms with Gasteiger partial charge in [0.05, 0.1) is 0 Å². The molecule has 1 rings (SSSR count). The van der Waals surface area contributed by atoms with E-state index in [0.29, 0.717) is 12.0 Å². The SMILES string of the molecule is CCCNCC(C)C(C)N(C)Cc1ccccc1. The topological polar surface area (TPSA) is 15.3 Å². The van der Waals surface area contributed by atoms with Crippen LogP contribution in [0.1, 0.15) is 32.8 Å². The molecule has 2 unspecified atom stereocenters. The lowest BCUT2D eigenvalue weighted by molar-refractivity contribution is 0.189. The Morgan fingerprint density at radius 2 is 1.83 bits per heavy atom. The maximum Gasteiger partial charge on any atom is 0.0233 e. The Kier molecular flexibility index (Phi) is 6.99. The van der Waals surface area contributed by atoms with Crippen LogP contribution in [-0.2, 0) is 6.54 Å². The minimum Gasteiger partial charge on any atom is -0.316 e. The first-order valence-electron chi connectivity index (χ1n) is 7.10. The molecule has 2 atom stereocenters. The largest absolute Gasteiger partial charge is 0.316 e. The first-order chi connectivity index (χ1) is 8.65. The second-order valence-corrected chi connectivity index (χ2v) is 5.32. The van der Waals surface area contributed by atoms with Gasteiger partial charge in [-0.3, -0.25) is 4.90 Å². The molecular weight excluding hydrogens is 220 g/mol. The summed E-state index contributed by atoms with van der Waals surface area (Å²) in [6.45, 7) is 10.1. The van der Waals surface area contributed by atoms with Crippen LogP contribution in [0.4, 0.5) is 0 Å². The van der Waals surface area contributed by atoms with E-state index in [1.165, 1.54) is 12.0 Å². The lowest BCUT2D eigenvalue weighted by Gasteiger charge is -2.30. The van der Waals surface area contributed by atoms with E-state index in [-0.39, 0.29) is 0 Å².